The Hall–Kier alpha value is -2.39. The number of hydrogen-bond donors (Lipinski definition) is 0. The molecule has 2 aromatic carbocycles. The number of alkyl halides is 3. The van der Waals surface area contributed by atoms with E-state index in [-0.39, 0.29) is 10.6 Å². The average molecular weight is 467 g/mol. The minimum absolute atomic E-state index is 0.0122. The number of unbranched alkanes of at least 4 members (excludes halogenated alkanes) is 1. The molecule has 1 fully saturated rings. The van der Waals surface area contributed by atoms with E-state index >= 15 is 0 Å². The van der Waals surface area contributed by atoms with Crippen LogP contribution in [0.25, 0.3) is 0 Å². The lowest BCUT2D eigenvalue weighted by Crippen LogP contribution is -2.30. The van der Waals surface area contributed by atoms with Crippen LogP contribution in [0.4, 0.5) is 13.2 Å². The number of benzene rings is 2. The molecule has 32 heavy (non-hydrogen) atoms. The normalized spacial score (nSPS) is 18.3. The number of sulfonamides is 1. The van der Waals surface area contributed by atoms with Gasteiger partial charge in [0.05, 0.1) is 17.9 Å². The van der Waals surface area contributed by atoms with Gasteiger partial charge in [-0.15, -0.1) is 0 Å². The molecular formula is C23H25F3N2O3S. The molecule has 0 aromatic heterocycles. The topological polar surface area (TPSA) is 59.0 Å². The molecule has 0 saturated carbocycles. The van der Waals surface area contributed by atoms with Crippen molar-refractivity contribution in [3.05, 3.63) is 59.2 Å². The SMILES string of the molecule is O=S1(=O)N=C(c2ccc(C(F)(F)F)cc2)c2ccc(OCCCCN3CCCCC3)cc21. The molecule has 1 saturated heterocycles. The Bertz CT molecular complexity index is 1090. The first-order valence-electron chi connectivity index (χ1n) is 10.8. The van der Waals surface area contributed by atoms with Crippen LogP contribution in [-0.4, -0.2) is 45.3 Å². The molecule has 9 heteroatoms. The molecule has 0 atom stereocenters. The number of hydrogen-bond acceptors (Lipinski definition) is 4. The molecule has 2 aliphatic rings. The van der Waals surface area contributed by atoms with Gasteiger partial charge in [-0.2, -0.15) is 26.0 Å². The summed E-state index contributed by atoms with van der Waals surface area (Å²) in [4.78, 5) is 2.48. The number of likely N-dealkylation sites (tertiary alicyclic amines) is 1. The number of nitrogens with zero attached hydrogens (tertiary/aromatic N) is 2. The van der Waals surface area contributed by atoms with Crippen LogP contribution in [0.2, 0.25) is 0 Å². The maximum absolute atomic E-state index is 12.8. The van der Waals surface area contributed by atoms with Gasteiger partial charge in [0, 0.05) is 17.2 Å². The molecule has 2 aliphatic heterocycles. The molecule has 0 aliphatic carbocycles. The van der Waals surface area contributed by atoms with Gasteiger partial charge in [0.2, 0.25) is 0 Å². The zero-order valence-corrected chi connectivity index (χ0v) is 18.4. The quantitative estimate of drug-likeness (QED) is 0.545. The highest BCUT2D eigenvalue weighted by atomic mass is 32.2. The summed E-state index contributed by atoms with van der Waals surface area (Å²) in [5, 5.41) is 0. The maximum Gasteiger partial charge on any atom is 0.416 e. The van der Waals surface area contributed by atoms with Gasteiger partial charge < -0.3 is 9.64 Å². The highest BCUT2D eigenvalue weighted by Crippen LogP contribution is 2.34. The molecule has 0 unspecified atom stereocenters. The lowest BCUT2D eigenvalue weighted by molar-refractivity contribution is -0.137. The number of ether oxygens (including phenoxy) is 1. The predicted octanol–water partition coefficient (Wildman–Crippen LogP) is 4.89. The number of rotatable bonds is 7. The van der Waals surface area contributed by atoms with E-state index in [4.69, 9.17) is 4.74 Å². The summed E-state index contributed by atoms with van der Waals surface area (Å²) in [5.74, 6) is 0.439. The Morgan fingerprint density at radius 1 is 0.969 bits per heavy atom. The van der Waals surface area contributed by atoms with Gasteiger partial charge in [0.1, 0.15) is 10.6 Å². The molecule has 0 spiro atoms. The van der Waals surface area contributed by atoms with Crippen molar-refractivity contribution in [3.8, 4) is 5.75 Å². The Morgan fingerprint density at radius 3 is 2.38 bits per heavy atom. The number of halogens is 3. The van der Waals surface area contributed by atoms with Crippen LogP contribution in [0.3, 0.4) is 0 Å². The molecule has 4 rings (SSSR count). The van der Waals surface area contributed by atoms with Crippen molar-refractivity contribution in [2.45, 2.75) is 43.2 Å². The predicted molar refractivity (Wildman–Crippen MR) is 116 cm³/mol. The zero-order valence-electron chi connectivity index (χ0n) is 17.6. The van der Waals surface area contributed by atoms with Crippen molar-refractivity contribution in [2.24, 2.45) is 4.40 Å². The monoisotopic (exact) mass is 466 g/mol. The van der Waals surface area contributed by atoms with Crippen LogP contribution < -0.4 is 4.74 Å². The third-order valence-corrected chi connectivity index (χ3v) is 7.09. The van der Waals surface area contributed by atoms with E-state index in [2.05, 4.69) is 9.30 Å². The van der Waals surface area contributed by atoms with Gasteiger partial charge >= 0.3 is 6.18 Å². The van der Waals surface area contributed by atoms with E-state index < -0.39 is 21.8 Å². The zero-order chi connectivity index (χ0) is 22.8. The van der Waals surface area contributed by atoms with Crippen molar-refractivity contribution in [1.29, 1.82) is 0 Å². The lowest BCUT2D eigenvalue weighted by atomic mass is 10.0. The van der Waals surface area contributed by atoms with E-state index in [1.807, 2.05) is 0 Å². The summed E-state index contributed by atoms with van der Waals surface area (Å²) in [5.41, 5.74) is 0.0164. The molecule has 0 radical (unpaired) electrons. The lowest BCUT2D eigenvalue weighted by Gasteiger charge is -2.26. The van der Waals surface area contributed by atoms with Crippen LogP contribution in [-0.2, 0) is 16.2 Å². The van der Waals surface area contributed by atoms with E-state index in [9.17, 15) is 21.6 Å². The van der Waals surface area contributed by atoms with E-state index in [1.54, 1.807) is 12.1 Å². The average Bonchev–Trinajstić information content (AvgIpc) is 3.04. The fourth-order valence-electron chi connectivity index (χ4n) is 4.06. The Kier molecular flexibility index (Phi) is 6.57. The van der Waals surface area contributed by atoms with Gasteiger partial charge in [-0.3, -0.25) is 0 Å². The van der Waals surface area contributed by atoms with Crippen LogP contribution >= 0.6 is 0 Å². The van der Waals surface area contributed by atoms with E-state index in [0.29, 0.717) is 23.5 Å². The smallest absolute Gasteiger partial charge is 0.416 e. The second-order valence-electron chi connectivity index (χ2n) is 8.11. The van der Waals surface area contributed by atoms with Gasteiger partial charge in [0.15, 0.2) is 0 Å². The highest BCUT2D eigenvalue weighted by Gasteiger charge is 2.32. The minimum Gasteiger partial charge on any atom is -0.494 e. The number of fused-ring (bicyclic) bond motifs is 1. The summed E-state index contributed by atoms with van der Waals surface area (Å²) in [6, 6.07) is 9.02. The standard InChI is InChI=1S/C23H25F3N2O3S/c24-23(25,26)18-8-6-17(7-9-18)22-20-11-10-19(16-21(20)32(29,30)27-22)31-15-5-4-14-28-12-2-1-3-13-28/h6-11,16H,1-5,12-15H2. The molecule has 2 heterocycles. The van der Waals surface area contributed by atoms with Crippen molar-refractivity contribution in [2.75, 3.05) is 26.2 Å². The van der Waals surface area contributed by atoms with Crippen molar-refractivity contribution < 1.29 is 26.3 Å². The Balaban J connectivity index is 1.40. The first kappa shape index (κ1) is 22.8. The summed E-state index contributed by atoms with van der Waals surface area (Å²) in [6.07, 6.45) is 1.26. The van der Waals surface area contributed by atoms with Crippen LogP contribution in [0.5, 0.6) is 5.75 Å². The minimum atomic E-state index is -4.46. The van der Waals surface area contributed by atoms with Crippen LogP contribution in [0.1, 0.15) is 48.8 Å². The maximum atomic E-state index is 12.8. The second-order valence-corrected chi connectivity index (χ2v) is 9.68. The molecule has 172 valence electrons. The summed E-state index contributed by atoms with van der Waals surface area (Å²) in [7, 11) is -3.93. The van der Waals surface area contributed by atoms with Gasteiger partial charge in [-0.25, -0.2) is 0 Å². The molecule has 0 bridgehead atoms. The summed E-state index contributed by atoms with van der Waals surface area (Å²) >= 11 is 0. The fraction of sp³-hybridized carbons (Fsp3) is 0.435. The molecule has 5 nitrogen and oxygen atoms in total. The van der Waals surface area contributed by atoms with Crippen molar-refractivity contribution >= 4 is 15.7 Å². The fourth-order valence-corrected chi connectivity index (χ4v) is 5.31. The number of piperidine rings is 1. The molecular weight excluding hydrogens is 441 g/mol. The Morgan fingerprint density at radius 2 is 1.69 bits per heavy atom. The highest BCUT2D eigenvalue weighted by molar-refractivity contribution is 7.90. The first-order valence-corrected chi connectivity index (χ1v) is 12.2. The second kappa shape index (κ2) is 9.23. The van der Waals surface area contributed by atoms with Crippen molar-refractivity contribution in [3.63, 3.8) is 0 Å². The van der Waals surface area contributed by atoms with Crippen molar-refractivity contribution in [1.82, 2.24) is 4.90 Å². The third-order valence-electron chi connectivity index (χ3n) is 5.77. The van der Waals surface area contributed by atoms with Crippen LogP contribution in [0, 0.1) is 0 Å². The first-order chi connectivity index (χ1) is 15.2. The van der Waals surface area contributed by atoms with E-state index in [1.165, 1.54) is 37.5 Å². The van der Waals surface area contributed by atoms with Crippen LogP contribution in [0.15, 0.2) is 51.8 Å². The van der Waals surface area contributed by atoms with Gasteiger partial charge in [0.25, 0.3) is 10.0 Å². The Labute approximate surface area is 186 Å². The largest absolute Gasteiger partial charge is 0.494 e. The third kappa shape index (κ3) is 5.15. The van der Waals surface area contributed by atoms with Gasteiger partial charge in [-0.1, -0.05) is 18.6 Å². The molecule has 0 N–H and O–H groups in total. The van der Waals surface area contributed by atoms with Gasteiger partial charge in [-0.05, 0) is 69.6 Å². The summed E-state index contributed by atoms with van der Waals surface area (Å²) in [6.45, 7) is 3.85. The van der Waals surface area contributed by atoms with E-state index in [0.717, 1.165) is 44.6 Å². The summed E-state index contributed by atoms with van der Waals surface area (Å²) < 4.78 is 73.0. The molecule has 0 amide bonds. The molecule has 2 aromatic rings.